The summed E-state index contributed by atoms with van der Waals surface area (Å²) in [6, 6.07) is 10.5. The van der Waals surface area contributed by atoms with Gasteiger partial charge in [-0.15, -0.1) is 0 Å². The third-order valence-electron chi connectivity index (χ3n) is 4.30. The second-order valence-corrected chi connectivity index (χ2v) is 5.97. The maximum absolute atomic E-state index is 5.25. The molecule has 4 nitrogen and oxygen atoms in total. The first-order chi connectivity index (χ1) is 11.2. The minimum Gasteiger partial charge on any atom is -0.497 e. The highest BCUT2D eigenvalue weighted by molar-refractivity contribution is 5.81. The summed E-state index contributed by atoms with van der Waals surface area (Å²) in [6.07, 6.45) is 2.36. The van der Waals surface area contributed by atoms with Crippen LogP contribution in [0.25, 0.3) is 10.9 Å². The Morgan fingerprint density at radius 2 is 1.96 bits per heavy atom. The second-order valence-electron chi connectivity index (χ2n) is 5.97. The number of rotatable bonds is 9. The monoisotopic (exact) mass is 315 g/mol. The summed E-state index contributed by atoms with van der Waals surface area (Å²) in [5.41, 5.74) is 0.992. The Kier molecular flexibility index (Phi) is 6.66. The van der Waals surface area contributed by atoms with Crippen molar-refractivity contribution in [3.05, 3.63) is 30.3 Å². The van der Waals surface area contributed by atoms with E-state index >= 15 is 0 Å². The van der Waals surface area contributed by atoms with Crippen molar-refractivity contribution in [1.82, 2.24) is 9.88 Å². The van der Waals surface area contributed by atoms with Gasteiger partial charge in [-0.05, 0) is 69.7 Å². The molecule has 0 bridgehead atoms. The van der Waals surface area contributed by atoms with E-state index in [1.807, 2.05) is 24.3 Å². The number of nitrogens with one attached hydrogen (secondary N) is 1. The van der Waals surface area contributed by atoms with Gasteiger partial charge in [0.15, 0.2) is 0 Å². The molecule has 1 heterocycles. The number of hydrogen-bond acceptors (Lipinski definition) is 4. The van der Waals surface area contributed by atoms with Gasteiger partial charge in [0.2, 0.25) is 0 Å². The maximum Gasteiger partial charge on any atom is 0.126 e. The van der Waals surface area contributed by atoms with Crippen LogP contribution in [0.2, 0.25) is 0 Å². The van der Waals surface area contributed by atoms with Gasteiger partial charge in [-0.1, -0.05) is 13.8 Å². The molecule has 4 heteroatoms. The topological polar surface area (TPSA) is 37.4 Å². The molecule has 1 N–H and O–H groups in total. The zero-order valence-electron chi connectivity index (χ0n) is 14.8. The van der Waals surface area contributed by atoms with Crippen LogP contribution in [0, 0.1) is 0 Å². The van der Waals surface area contributed by atoms with Crippen LogP contribution in [0.15, 0.2) is 30.3 Å². The highest BCUT2D eigenvalue weighted by Crippen LogP contribution is 2.21. The summed E-state index contributed by atoms with van der Waals surface area (Å²) in [4.78, 5) is 7.16. The van der Waals surface area contributed by atoms with Crippen molar-refractivity contribution in [2.24, 2.45) is 0 Å². The molecule has 1 aromatic carbocycles. The van der Waals surface area contributed by atoms with Crippen LogP contribution in [-0.4, -0.2) is 42.7 Å². The van der Waals surface area contributed by atoms with E-state index in [9.17, 15) is 0 Å². The molecule has 23 heavy (non-hydrogen) atoms. The van der Waals surface area contributed by atoms with E-state index in [0.717, 1.165) is 42.0 Å². The van der Waals surface area contributed by atoms with Gasteiger partial charge in [0.05, 0.1) is 12.6 Å². The lowest BCUT2D eigenvalue weighted by Gasteiger charge is -2.20. The predicted molar refractivity (Wildman–Crippen MR) is 98.4 cm³/mol. The number of aromatic nitrogens is 1. The van der Waals surface area contributed by atoms with Gasteiger partial charge in [0.25, 0.3) is 0 Å². The fourth-order valence-electron chi connectivity index (χ4n) is 2.80. The number of anilines is 1. The Labute approximate surface area is 139 Å². The molecule has 0 unspecified atom stereocenters. The quantitative estimate of drug-likeness (QED) is 0.754. The van der Waals surface area contributed by atoms with E-state index in [4.69, 9.17) is 4.74 Å². The van der Waals surface area contributed by atoms with Gasteiger partial charge in [-0.25, -0.2) is 4.98 Å². The van der Waals surface area contributed by atoms with Crippen LogP contribution < -0.4 is 10.1 Å². The van der Waals surface area contributed by atoms with Crippen LogP contribution in [0.4, 0.5) is 5.82 Å². The Morgan fingerprint density at radius 3 is 2.65 bits per heavy atom. The summed E-state index contributed by atoms with van der Waals surface area (Å²) in [5, 5.41) is 4.61. The number of methoxy groups -OCH3 is 1. The van der Waals surface area contributed by atoms with Crippen LogP contribution in [-0.2, 0) is 0 Å². The molecule has 0 radical (unpaired) electrons. The highest BCUT2D eigenvalue weighted by atomic mass is 16.5. The van der Waals surface area contributed by atoms with E-state index in [0.29, 0.717) is 6.04 Å². The predicted octanol–water partition coefficient (Wildman–Crippen LogP) is 4.17. The maximum atomic E-state index is 5.25. The average Bonchev–Trinajstić information content (AvgIpc) is 2.58. The number of pyridine rings is 1. The average molecular weight is 315 g/mol. The molecule has 1 atom stereocenters. The first kappa shape index (κ1) is 17.5. The van der Waals surface area contributed by atoms with Gasteiger partial charge < -0.3 is 15.0 Å². The molecule has 0 saturated carbocycles. The van der Waals surface area contributed by atoms with Gasteiger partial charge in [-0.3, -0.25) is 0 Å². The smallest absolute Gasteiger partial charge is 0.126 e. The molecular weight excluding hydrogens is 286 g/mol. The Bertz CT molecular complexity index is 611. The lowest BCUT2D eigenvalue weighted by atomic mass is 10.1. The molecule has 126 valence electrons. The van der Waals surface area contributed by atoms with Gasteiger partial charge in [0, 0.05) is 11.4 Å². The van der Waals surface area contributed by atoms with Crippen LogP contribution in [0.3, 0.4) is 0 Å². The SMILES string of the molecule is CCN(CC)CCC[C@@H](C)Nc1ccc2cc(OC)ccc2n1. The lowest BCUT2D eigenvalue weighted by Crippen LogP contribution is -2.25. The first-order valence-corrected chi connectivity index (χ1v) is 8.60. The number of nitrogens with zero attached hydrogens (tertiary/aromatic N) is 2. The number of hydrogen-bond donors (Lipinski definition) is 1. The summed E-state index contributed by atoms with van der Waals surface area (Å²) in [7, 11) is 1.68. The third-order valence-corrected chi connectivity index (χ3v) is 4.30. The van der Waals surface area contributed by atoms with Gasteiger partial charge in [-0.2, -0.15) is 0 Å². The number of fused-ring (bicyclic) bond motifs is 1. The lowest BCUT2D eigenvalue weighted by molar-refractivity contribution is 0.295. The van der Waals surface area contributed by atoms with Crippen molar-refractivity contribution in [1.29, 1.82) is 0 Å². The molecule has 1 aromatic heterocycles. The first-order valence-electron chi connectivity index (χ1n) is 8.60. The standard InChI is InChI=1S/C19H29N3O/c1-5-22(6-2)13-7-8-15(3)20-19-12-9-16-14-17(23-4)10-11-18(16)21-19/h9-12,14-15H,5-8,13H2,1-4H3,(H,20,21)/t15-/m1/s1. The van der Waals surface area contributed by atoms with Crippen molar-refractivity contribution in [3.63, 3.8) is 0 Å². The van der Waals surface area contributed by atoms with Crippen molar-refractivity contribution < 1.29 is 4.74 Å². The zero-order valence-corrected chi connectivity index (χ0v) is 14.8. The fraction of sp³-hybridized carbons (Fsp3) is 0.526. The van der Waals surface area contributed by atoms with Gasteiger partial charge in [0.1, 0.15) is 11.6 Å². The Balaban J connectivity index is 1.90. The second kappa shape index (κ2) is 8.73. The van der Waals surface area contributed by atoms with Crippen LogP contribution in [0.5, 0.6) is 5.75 Å². The van der Waals surface area contributed by atoms with E-state index in [1.165, 1.54) is 13.0 Å². The zero-order chi connectivity index (χ0) is 16.7. The van der Waals surface area contributed by atoms with Gasteiger partial charge >= 0.3 is 0 Å². The summed E-state index contributed by atoms with van der Waals surface area (Å²) < 4.78 is 5.25. The summed E-state index contributed by atoms with van der Waals surface area (Å²) in [5.74, 6) is 1.81. The Morgan fingerprint density at radius 1 is 1.17 bits per heavy atom. The van der Waals surface area contributed by atoms with Crippen molar-refractivity contribution >= 4 is 16.7 Å². The minimum atomic E-state index is 0.425. The number of benzene rings is 1. The highest BCUT2D eigenvalue weighted by Gasteiger charge is 2.06. The van der Waals surface area contributed by atoms with Crippen LogP contribution >= 0.6 is 0 Å². The van der Waals surface area contributed by atoms with Crippen LogP contribution in [0.1, 0.15) is 33.6 Å². The van der Waals surface area contributed by atoms with Crippen molar-refractivity contribution in [3.8, 4) is 5.75 Å². The molecule has 0 amide bonds. The molecule has 0 spiro atoms. The van der Waals surface area contributed by atoms with E-state index in [1.54, 1.807) is 7.11 Å². The van der Waals surface area contributed by atoms with E-state index in [2.05, 4.69) is 42.0 Å². The molecule has 0 aliphatic heterocycles. The summed E-state index contributed by atoms with van der Waals surface area (Å²) in [6.45, 7) is 10.1. The van der Waals surface area contributed by atoms with E-state index < -0.39 is 0 Å². The normalized spacial score (nSPS) is 12.6. The molecule has 2 rings (SSSR count). The summed E-state index contributed by atoms with van der Waals surface area (Å²) >= 11 is 0. The van der Waals surface area contributed by atoms with E-state index in [-0.39, 0.29) is 0 Å². The largest absolute Gasteiger partial charge is 0.497 e. The van der Waals surface area contributed by atoms with Crippen molar-refractivity contribution in [2.75, 3.05) is 32.1 Å². The fourth-order valence-corrected chi connectivity index (χ4v) is 2.80. The molecule has 0 saturated heterocycles. The molecular formula is C19H29N3O. The third kappa shape index (κ3) is 5.10. The molecule has 0 aliphatic carbocycles. The molecule has 0 aliphatic rings. The molecule has 0 fully saturated rings. The van der Waals surface area contributed by atoms with Crippen molar-refractivity contribution in [2.45, 2.75) is 39.7 Å². The Hall–Kier alpha value is -1.81. The molecule has 2 aromatic rings. The number of ether oxygens (including phenoxy) is 1. The minimum absolute atomic E-state index is 0.425.